The SMILES string of the molecule is CC1CCN(CCCNc2nnc(-c3ccccn3)s2)CC1. The minimum Gasteiger partial charge on any atom is -0.360 e. The molecule has 0 aromatic carbocycles. The largest absolute Gasteiger partial charge is 0.360 e. The van der Waals surface area contributed by atoms with Crippen LogP contribution >= 0.6 is 11.3 Å². The quantitative estimate of drug-likeness (QED) is 0.830. The number of hydrogen-bond donors (Lipinski definition) is 1. The molecule has 0 spiro atoms. The molecule has 1 saturated heterocycles. The van der Waals surface area contributed by atoms with Gasteiger partial charge in [0.25, 0.3) is 0 Å². The lowest BCUT2D eigenvalue weighted by Gasteiger charge is -2.30. The Hall–Kier alpha value is -1.53. The van der Waals surface area contributed by atoms with E-state index < -0.39 is 0 Å². The van der Waals surface area contributed by atoms with Crippen molar-refractivity contribution < 1.29 is 0 Å². The van der Waals surface area contributed by atoms with E-state index in [2.05, 4.69) is 32.3 Å². The highest BCUT2D eigenvalue weighted by atomic mass is 32.1. The Kier molecular flexibility index (Phi) is 5.34. The molecule has 6 heteroatoms. The van der Waals surface area contributed by atoms with E-state index in [-0.39, 0.29) is 0 Å². The minimum atomic E-state index is 0.869. The summed E-state index contributed by atoms with van der Waals surface area (Å²) in [5.41, 5.74) is 0.885. The second kappa shape index (κ2) is 7.65. The average Bonchev–Trinajstić information content (AvgIpc) is 3.03. The molecule has 1 N–H and O–H groups in total. The van der Waals surface area contributed by atoms with Gasteiger partial charge in [-0.15, -0.1) is 10.2 Å². The molecule has 5 nitrogen and oxygen atoms in total. The zero-order valence-electron chi connectivity index (χ0n) is 13.0. The van der Waals surface area contributed by atoms with Crippen LogP contribution in [0.1, 0.15) is 26.2 Å². The third-order valence-electron chi connectivity index (χ3n) is 4.11. The Labute approximate surface area is 135 Å². The van der Waals surface area contributed by atoms with Gasteiger partial charge in [-0.1, -0.05) is 24.3 Å². The summed E-state index contributed by atoms with van der Waals surface area (Å²) in [4.78, 5) is 6.87. The molecule has 0 unspecified atom stereocenters. The van der Waals surface area contributed by atoms with Crippen molar-refractivity contribution in [3.63, 3.8) is 0 Å². The molecule has 1 aliphatic heterocycles. The number of nitrogens with one attached hydrogen (secondary N) is 1. The molecule has 2 aromatic rings. The summed E-state index contributed by atoms with van der Waals surface area (Å²) in [6, 6.07) is 5.84. The van der Waals surface area contributed by atoms with Crippen molar-refractivity contribution in [2.24, 2.45) is 5.92 Å². The molecular formula is C16H23N5S. The molecular weight excluding hydrogens is 294 g/mol. The smallest absolute Gasteiger partial charge is 0.206 e. The van der Waals surface area contributed by atoms with E-state index >= 15 is 0 Å². The van der Waals surface area contributed by atoms with Crippen LogP contribution in [0.25, 0.3) is 10.7 Å². The fraction of sp³-hybridized carbons (Fsp3) is 0.562. The van der Waals surface area contributed by atoms with Gasteiger partial charge in [0.2, 0.25) is 5.13 Å². The fourth-order valence-corrected chi connectivity index (χ4v) is 3.42. The van der Waals surface area contributed by atoms with Gasteiger partial charge in [-0.05, 0) is 56.9 Å². The third-order valence-corrected chi connectivity index (χ3v) is 5.02. The van der Waals surface area contributed by atoms with Crippen molar-refractivity contribution in [1.29, 1.82) is 0 Å². The number of nitrogens with zero attached hydrogens (tertiary/aromatic N) is 4. The van der Waals surface area contributed by atoms with Crippen LogP contribution in [0, 0.1) is 5.92 Å². The summed E-state index contributed by atoms with van der Waals surface area (Å²) < 4.78 is 0. The summed E-state index contributed by atoms with van der Waals surface area (Å²) in [6.07, 6.45) is 5.62. The zero-order valence-corrected chi connectivity index (χ0v) is 13.9. The molecule has 0 bridgehead atoms. The normalized spacial score (nSPS) is 16.8. The fourth-order valence-electron chi connectivity index (χ4n) is 2.67. The average molecular weight is 317 g/mol. The van der Waals surface area contributed by atoms with E-state index in [9.17, 15) is 0 Å². The molecule has 0 aliphatic carbocycles. The van der Waals surface area contributed by atoms with Crippen molar-refractivity contribution in [3.05, 3.63) is 24.4 Å². The van der Waals surface area contributed by atoms with Crippen LogP contribution in [0.2, 0.25) is 0 Å². The topological polar surface area (TPSA) is 53.9 Å². The molecule has 0 saturated carbocycles. The standard InChI is InChI=1S/C16H23N5S/c1-13-6-11-21(12-7-13)10-4-9-18-16-20-19-15(22-16)14-5-2-3-8-17-14/h2-3,5,8,13H,4,6-7,9-12H2,1H3,(H,18,20). The van der Waals surface area contributed by atoms with Crippen LogP contribution in [-0.2, 0) is 0 Å². The predicted octanol–water partition coefficient (Wildman–Crippen LogP) is 3.13. The van der Waals surface area contributed by atoms with E-state index in [0.717, 1.165) is 34.7 Å². The van der Waals surface area contributed by atoms with Gasteiger partial charge in [0, 0.05) is 12.7 Å². The number of anilines is 1. The highest BCUT2D eigenvalue weighted by molar-refractivity contribution is 7.18. The first kappa shape index (κ1) is 15.4. The zero-order chi connectivity index (χ0) is 15.2. The Bertz CT molecular complexity index is 563. The third kappa shape index (κ3) is 4.24. The molecule has 1 aliphatic rings. The minimum absolute atomic E-state index is 0.869. The van der Waals surface area contributed by atoms with Gasteiger partial charge in [-0.3, -0.25) is 4.98 Å². The van der Waals surface area contributed by atoms with Gasteiger partial charge in [-0.2, -0.15) is 0 Å². The molecule has 118 valence electrons. The van der Waals surface area contributed by atoms with E-state index in [1.54, 1.807) is 17.5 Å². The van der Waals surface area contributed by atoms with Gasteiger partial charge in [0.1, 0.15) is 5.69 Å². The molecule has 0 amide bonds. The number of piperidine rings is 1. The maximum absolute atomic E-state index is 4.30. The predicted molar refractivity (Wildman–Crippen MR) is 91.1 cm³/mol. The number of pyridine rings is 1. The van der Waals surface area contributed by atoms with Crippen molar-refractivity contribution in [2.45, 2.75) is 26.2 Å². The highest BCUT2D eigenvalue weighted by Gasteiger charge is 2.14. The molecule has 22 heavy (non-hydrogen) atoms. The van der Waals surface area contributed by atoms with Gasteiger partial charge in [-0.25, -0.2) is 0 Å². The molecule has 0 atom stereocenters. The summed E-state index contributed by atoms with van der Waals surface area (Å²) in [7, 11) is 0. The first-order valence-electron chi connectivity index (χ1n) is 8.02. The van der Waals surface area contributed by atoms with E-state index in [4.69, 9.17) is 0 Å². The lowest BCUT2D eigenvalue weighted by atomic mass is 9.99. The Morgan fingerprint density at radius 1 is 1.27 bits per heavy atom. The molecule has 3 heterocycles. The molecule has 0 radical (unpaired) electrons. The van der Waals surface area contributed by atoms with Gasteiger partial charge < -0.3 is 10.2 Å². The van der Waals surface area contributed by atoms with Crippen LogP contribution < -0.4 is 5.32 Å². The number of rotatable bonds is 6. The Morgan fingerprint density at radius 2 is 2.14 bits per heavy atom. The van der Waals surface area contributed by atoms with Gasteiger partial charge >= 0.3 is 0 Å². The number of aromatic nitrogens is 3. The van der Waals surface area contributed by atoms with Crippen molar-refractivity contribution in [3.8, 4) is 10.7 Å². The number of likely N-dealkylation sites (tertiary alicyclic amines) is 1. The van der Waals surface area contributed by atoms with Gasteiger partial charge in [0.15, 0.2) is 5.01 Å². The maximum Gasteiger partial charge on any atom is 0.206 e. The van der Waals surface area contributed by atoms with E-state index in [0.29, 0.717) is 0 Å². The second-order valence-electron chi connectivity index (χ2n) is 5.93. The van der Waals surface area contributed by atoms with Crippen LogP contribution in [0.15, 0.2) is 24.4 Å². The monoisotopic (exact) mass is 317 g/mol. The van der Waals surface area contributed by atoms with Crippen LogP contribution in [-0.4, -0.2) is 46.3 Å². The first-order valence-corrected chi connectivity index (χ1v) is 8.84. The second-order valence-corrected chi connectivity index (χ2v) is 6.91. The van der Waals surface area contributed by atoms with E-state index in [1.807, 2.05) is 18.2 Å². The molecule has 3 rings (SSSR count). The van der Waals surface area contributed by atoms with Crippen LogP contribution in [0.5, 0.6) is 0 Å². The maximum atomic E-state index is 4.30. The summed E-state index contributed by atoms with van der Waals surface area (Å²) >= 11 is 1.56. The molecule has 2 aromatic heterocycles. The summed E-state index contributed by atoms with van der Waals surface area (Å²) in [5.74, 6) is 0.904. The Morgan fingerprint density at radius 3 is 2.91 bits per heavy atom. The van der Waals surface area contributed by atoms with E-state index in [1.165, 1.54) is 32.5 Å². The first-order chi connectivity index (χ1) is 10.8. The van der Waals surface area contributed by atoms with Gasteiger partial charge in [0.05, 0.1) is 0 Å². The Balaban J connectivity index is 1.40. The van der Waals surface area contributed by atoms with Crippen LogP contribution in [0.4, 0.5) is 5.13 Å². The summed E-state index contributed by atoms with van der Waals surface area (Å²) in [6.45, 7) is 6.98. The molecule has 1 fully saturated rings. The lowest BCUT2D eigenvalue weighted by molar-refractivity contribution is 0.192. The number of hydrogen-bond acceptors (Lipinski definition) is 6. The van der Waals surface area contributed by atoms with Crippen LogP contribution in [0.3, 0.4) is 0 Å². The van der Waals surface area contributed by atoms with Crippen molar-refractivity contribution in [2.75, 3.05) is 31.5 Å². The lowest BCUT2D eigenvalue weighted by Crippen LogP contribution is -2.34. The van der Waals surface area contributed by atoms with Crippen molar-refractivity contribution in [1.82, 2.24) is 20.1 Å². The summed E-state index contributed by atoms with van der Waals surface area (Å²) in [5, 5.41) is 13.5. The van der Waals surface area contributed by atoms with Crippen molar-refractivity contribution >= 4 is 16.5 Å². The highest BCUT2D eigenvalue weighted by Crippen LogP contribution is 2.24.